The predicted molar refractivity (Wildman–Crippen MR) is 48.4 cm³/mol. The molecule has 0 radical (unpaired) electrons. The molecule has 0 bridgehead atoms. The number of pyridine rings is 1. The standard InChI is InChI=1S/C9H7F6NO3/c1-18-6-2-5(19-9(13,14)15)4(3-17)16-7(6)8(10,11)12/h2,17H,3H2,1H3. The summed E-state index contributed by atoms with van der Waals surface area (Å²) in [5.74, 6) is -2.00. The summed E-state index contributed by atoms with van der Waals surface area (Å²) in [5, 5.41) is 8.75. The van der Waals surface area contributed by atoms with Crippen molar-refractivity contribution in [2.75, 3.05) is 7.11 Å². The Bertz CT molecular complexity index is 456. The van der Waals surface area contributed by atoms with E-state index in [1.807, 2.05) is 0 Å². The monoisotopic (exact) mass is 291 g/mol. The van der Waals surface area contributed by atoms with Crippen LogP contribution in [0.2, 0.25) is 0 Å². The molecule has 0 spiro atoms. The summed E-state index contributed by atoms with van der Waals surface area (Å²) < 4.78 is 81.5. The van der Waals surface area contributed by atoms with E-state index in [4.69, 9.17) is 5.11 Å². The number of rotatable bonds is 3. The van der Waals surface area contributed by atoms with Gasteiger partial charge in [0.15, 0.2) is 17.2 Å². The van der Waals surface area contributed by atoms with Gasteiger partial charge in [-0.3, -0.25) is 0 Å². The van der Waals surface area contributed by atoms with Crippen LogP contribution in [0.1, 0.15) is 11.4 Å². The number of methoxy groups -OCH3 is 1. The van der Waals surface area contributed by atoms with E-state index in [2.05, 4.69) is 14.5 Å². The molecular formula is C9H7F6NO3. The van der Waals surface area contributed by atoms with Crippen LogP contribution in [0.3, 0.4) is 0 Å². The van der Waals surface area contributed by atoms with Gasteiger partial charge in [-0.2, -0.15) is 13.2 Å². The van der Waals surface area contributed by atoms with Crippen molar-refractivity contribution in [3.63, 3.8) is 0 Å². The van der Waals surface area contributed by atoms with Crippen LogP contribution in [0, 0.1) is 0 Å². The minimum atomic E-state index is -5.13. The first-order valence-electron chi connectivity index (χ1n) is 4.60. The van der Waals surface area contributed by atoms with E-state index in [-0.39, 0.29) is 0 Å². The van der Waals surface area contributed by atoms with Crippen molar-refractivity contribution in [2.45, 2.75) is 19.1 Å². The molecule has 10 heteroatoms. The van der Waals surface area contributed by atoms with E-state index < -0.39 is 42.0 Å². The van der Waals surface area contributed by atoms with Crippen LogP contribution in [-0.4, -0.2) is 23.6 Å². The lowest BCUT2D eigenvalue weighted by molar-refractivity contribution is -0.275. The second-order valence-electron chi connectivity index (χ2n) is 3.19. The molecule has 1 rings (SSSR count). The lowest BCUT2D eigenvalue weighted by atomic mass is 10.2. The predicted octanol–water partition coefficient (Wildman–Crippen LogP) is 2.50. The number of aliphatic hydroxyl groups excluding tert-OH is 1. The maximum Gasteiger partial charge on any atom is 0.573 e. The Morgan fingerprint density at radius 3 is 2.11 bits per heavy atom. The van der Waals surface area contributed by atoms with Gasteiger partial charge in [-0.25, -0.2) is 4.98 Å². The quantitative estimate of drug-likeness (QED) is 0.869. The molecule has 0 aliphatic heterocycles. The van der Waals surface area contributed by atoms with Gasteiger partial charge in [0.2, 0.25) is 0 Å². The number of alkyl halides is 6. The SMILES string of the molecule is COc1cc(OC(F)(F)F)c(CO)nc1C(F)(F)F. The van der Waals surface area contributed by atoms with Gasteiger partial charge in [-0.05, 0) is 0 Å². The molecule has 1 aromatic rings. The number of ether oxygens (including phenoxy) is 2. The molecule has 0 aromatic carbocycles. The largest absolute Gasteiger partial charge is 0.573 e. The summed E-state index contributed by atoms with van der Waals surface area (Å²) in [7, 11) is 0.836. The minimum absolute atomic E-state index is 0.370. The van der Waals surface area contributed by atoms with Crippen LogP contribution in [0.4, 0.5) is 26.3 Å². The summed E-state index contributed by atoms with van der Waals surface area (Å²) in [4.78, 5) is 2.89. The molecule has 1 N–H and O–H groups in total. The lowest BCUT2D eigenvalue weighted by Crippen LogP contribution is -2.20. The fourth-order valence-electron chi connectivity index (χ4n) is 1.20. The Labute approximate surface area is 102 Å². The average molecular weight is 291 g/mol. The van der Waals surface area contributed by atoms with Gasteiger partial charge in [0.05, 0.1) is 13.7 Å². The molecule has 4 nitrogen and oxygen atoms in total. The van der Waals surface area contributed by atoms with Gasteiger partial charge in [-0.15, -0.1) is 13.2 Å². The first-order valence-corrected chi connectivity index (χ1v) is 4.60. The Morgan fingerprint density at radius 2 is 1.74 bits per heavy atom. The van der Waals surface area contributed by atoms with Gasteiger partial charge in [0.1, 0.15) is 5.69 Å². The van der Waals surface area contributed by atoms with Crippen molar-refractivity contribution in [3.05, 3.63) is 17.5 Å². The molecule has 0 unspecified atom stereocenters. The van der Waals surface area contributed by atoms with E-state index in [0.717, 1.165) is 7.11 Å². The number of hydrogen-bond donors (Lipinski definition) is 1. The molecule has 19 heavy (non-hydrogen) atoms. The summed E-state index contributed by atoms with van der Waals surface area (Å²) in [5.41, 5.74) is -2.45. The number of aliphatic hydroxyl groups is 1. The van der Waals surface area contributed by atoms with Gasteiger partial charge in [0.25, 0.3) is 0 Å². The highest BCUT2D eigenvalue weighted by atomic mass is 19.4. The zero-order chi connectivity index (χ0) is 14.8. The van der Waals surface area contributed by atoms with Crippen LogP contribution < -0.4 is 9.47 Å². The molecular weight excluding hydrogens is 284 g/mol. The smallest absolute Gasteiger partial charge is 0.494 e. The molecule has 108 valence electrons. The average Bonchev–Trinajstić information content (AvgIpc) is 2.24. The van der Waals surface area contributed by atoms with E-state index in [9.17, 15) is 26.3 Å². The van der Waals surface area contributed by atoms with E-state index >= 15 is 0 Å². The second kappa shape index (κ2) is 5.11. The Hall–Kier alpha value is -1.71. The zero-order valence-corrected chi connectivity index (χ0v) is 9.26. The molecule has 0 atom stereocenters. The number of halogens is 6. The van der Waals surface area contributed by atoms with Gasteiger partial charge in [0, 0.05) is 6.07 Å². The molecule has 1 heterocycles. The molecule has 0 amide bonds. The van der Waals surface area contributed by atoms with Crippen molar-refractivity contribution >= 4 is 0 Å². The fourth-order valence-corrected chi connectivity index (χ4v) is 1.20. The Balaban J connectivity index is 3.36. The maximum absolute atomic E-state index is 12.5. The topological polar surface area (TPSA) is 51.6 Å². The molecule has 0 aliphatic carbocycles. The van der Waals surface area contributed by atoms with E-state index in [1.54, 1.807) is 0 Å². The van der Waals surface area contributed by atoms with E-state index in [1.165, 1.54) is 0 Å². The molecule has 1 aromatic heterocycles. The molecule has 0 aliphatic rings. The van der Waals surface area contributed by atoms with Crippen LogP contribution in [0.5, 0.6) is 11.5 Å². The van der Waals surface area contributed by atoms with Crippen molar-refractivity contribution in [1.82, 2.24) is 4.98 Å². The molecule has 0 saturated carbocycles. The van der Waals surface area contributed by atoms with Crippen LogP contribution in [0.25, 0.3) is 0 Å². The minimum Gasteiger partial charge on any atom is -0.494 e. The second-order valence-corrected chi connectivity index (χ2v) is 3.19. The molecule has 0 fully saturated rings. The third kappa shape index (κ3) is 3.88. The highest BCUT2D eigenvalue weighted by Gasteiger charge is 2.39. The van der Waals surface area contributed by atoms with Crippen LogP contribution >= 0.6 is 0 Å². The maximum atomic E-state index is 12.5. The first-order chi connectivity index (χ1) is 8.58. The number of aromatic nitrogens is 1. The van der Waals surface area contributed by atoms with Crippen molar-refractivity contribution in [3.8, 4) is 11.5 Å². The van der Waals surface area contributed by atoms with Crippen molar-refractivity contribution in [2.24, 2.45) is 0 Å². The van der Waals surface area contributed by atoms with Gasteiger partial charge < -0.3 is 14.6 Å². The van der Waals surface area contributed by atoms with Gasteiger partial charge >= 0.3 is 12.5 Å². The summed E-state index contributed by atoms with van der Waals surface area (Å²) in [6.07, 6.45) is -10.1. The third-order valence-electron chi connectivity index (χ3n) is 1.89. The first kappa shape index (κ1) is 15.3. The van der Waals surface area contributed by atoms with Crippen LogP contribution in [-0.2, 0) is 12.8 Å². The van der Waals surface area contributed by atoms with E-state index in [0.29, 0.717) is 6.07 Å². The van der Waals surface area contributed by atoms with Crippen molar-refractivity contribution < 1.29 is 40.9 Å². The Morgan fingerprint density at radius 1 is 1.16 bits per heavy atom. The zero-order valence-electron chi connectivity index (χ0n) is 9.26. The third-order valence-corrected chi connectivity index (χ3v) is 1.89. The highest BCUT2D eigenvalue weighted by molar-refractivity contribution is 5.41. The van der Waals surface area contributed by atoms with Crippen molar-refractivity contribution in [1.29, 1.82) is 0 Å². The number of nitrogens with zero attached hydrogens (tertiary/aromatic N) is 1. The highest BCUT2D eigenvalue weighted by Crippen LogP contribution is 2.38. The summed E-state index contributed by atoms with van der Waals surface area (Å²) in [6, 6.07) is 0.370. The normalized spacial score (nSPS) is 12.4. The van der Waals surface area contributed by atoms with Crippen LogP contribution in [0.15, 0.2) is 6.07 Å². The van der Waals surface area contributed by atoms with Gasteiger partial charge in [-0.1, -0.05) is 0 Å². The summed E-state index contributed by atoms with van der Waals surface area (Å²) >= 11 is 0. The lowest BCUT2D eigenvalue weighted by Gasteiger charge is -2.16. The Kier molecular flexibility index (Phi) is 4.13. The molecule has 0 saturated heterocycles. The fraction of sp³-hybridized carbons (Fsp3) is 0.444. The summed E-state index contributed by atoms with van der Waals surface area (Å²) in [6.45, 7) is -1.15. The number of hydrogen-bond acceptors (Lipinski definition) is 4.